The summed E-state index contributed by atoms with van der Waals surface area (Å²) in [5, 5.41) is 12.9. The van der Waals surface area contributed by atoms with E-state index in [1.54, 1.807) is 17.4 Å². The maximum atomic E-state index is 13.1. The molecule has 1 aromatic carbocycles. The van der Waals surface area contributed by atoms with Gasteiger partial charge in [0.25, 0.3) is 0 Å². The summed E-state index contributed by atoms with van der Waals surface area (Å²) in [6.07, 6.45) is 1.08. The molecule has 0 amide bonds. The second-order valence-electron chi connectivity index (χ2n) is 9.34. The van der Waals surface area contributed by atoms with Crippen LogP contribution >= 0.6 is 11.3 Å². The normalized spacial score (nSPS) is 18.3. The van der Waals surface area contributed by atoms with Crippen LogP contribution in [0.25, 0.3) is 0 Å². The highest BCUT2D eigenvalue weighted by Crippen LogP contribution is 2.49. The Hall–Kier alpha value is -2.54. The standard InChI is InChI=1S/C26H25F3O3S/c27-26(28,29)19-9-5-16(6-10-19)13-18(12-15-3-4-15)21-14-20(30)24(25(31)32-21)23(17-7-8-17)22-2-1-11-33-22/h1-2,5-6,9-11,14-15,17-18,23,30H,3-4,7-8,12-13H2. The highest BCUT2D eigenvalue weighted by Gasteiger charge is 2.38. The first-order valence-corrected chi connectivity index (χ1v) is 12.2. The van der Waals surface area contributed by atoms with E-state index in [0.29, 0.717) is 29.6 Å². The van der Waals surface area contributed by atoms with Gasteiger partial charge in [-0.05, 0) is 66.7 Å². The minimum atomic E-state index is -4.37. The topological polar surface area (TPSA) is 50.4 Å². The lowest BCUT2D eigenvalue weighted by Gasteiger charge is -2.19. The van der Waals surface area contributed by atoms with Gasteiger partial charge in [0.15, 0.2) is 0 Å². The first kappa shape index (κ1) is 22.3. The summed E-state index contributed by atoms with van der Waals surface area (Å²) in [6, 6.07) is 10.6. The maximum absolute atomic E-state index is 13.1. The van der Waals surface area contributed by atoms with Crippen molar-refractivity contribution in [1.29, 1.82) is 0 Å². The molecule has 2 unspecified atom stereocenters. The van der Waals surface area contributed by atoms with E-state index in [-0.39, 0.29) is 17.6 Å². The van der Waals surface area contributed by atoms with Gasteiger partial charge in [0.2, 0.25) is 0 Å². The summed E-state index contributed by atoms with van der Waals surface area (Å²) in [5.41, 5.74) is -0.126. The minimum Gasteiger partial charge on any atom is -0.507 e. The van der Waals surface area contributed by atoms with Gasteiger partial charge in [-0.3, -0.25) is 0 Å². The van der Waals surface area contributed by atoms with E-state index in [2.05, 4.69) is 0 Å². The predicted molar refractivity (Wildman–Crippen MR) is 121 cm³/mol. The first-order chi connectivity index (χ1) is 15.8. The molecule has 2 heterocycles. The molecule has 0 bridgehead atoms. The van der Waals surface area contributed by atoms with Crippen LogP contribution < -0.4 is 5.63 Å². The smallest absolute Gasteiger partial charge is 0.416 e. The Balaban J connectivity index is 1.44. The van der Waals surface area contributed by atoms with Gasteiger partial charge in [0, 0.05) is 22.8 Å². The van der Waals surface area contributed by atoms with Gasteiger partial charge in [-0.1, -0.05) is 31.0 Å². The summed E-state index contributed by atoms with van der Waals surface area (Å²) in [7, 11) is 0. The van der Waals surface area contributed by atoms with E-state index in [1.807, 2.05) is 17.5 Å². The fourth-order valence-corrected chi connectivity index (χ4v) is 5.60. The molecule has 1 N–H and O–H groups in total. The van der Waals surface area contributed by atoms with Crippen LogP contribution in [0.3, 0.4) is 0 Å². The molecule has 5 rings (SSSR count). The maximum Gasteiger partial charge on any atom is 0.416 e. The van der Waals surface area contributed by atoms with Gasteiger partial charge >= 0.3 is 11.8 Å². The van der Waals surface area contributed by atoms with E-state index in [4.69, 9.17) is 4.42 Å². The minimum absolute atomic E-state index is 0.0419. The summed E-state index contributed by atoms with van der Waals surface area (Å²) in [6.45, 7) is 0. The molecule has 2 aliphatic carbocycles. The van der Waals surface area contributed by atoms with Crippen molar-refractivity contribution >= 4 is 11.3 Å². The zero-order valence-corrected chi connectivity index (χ0v) is 18.8. The molecule has 2 saturated carbocycles. The van der Waals surface area contributed by atoms with Gasteiger partial charge in [0.1, 0.15) is 11.5 Å². The van der Waals surface area contributed by atoms with Crippen LogP contribution in [0, 0.1) is 11.8 Å². The van der Waals surface area contributed by atoms with Gasteiger partial charge in [-0.2, -0.15) is 13.2 Å². The Morgan fingerprint density at radius 2 is 1.82 bits per heavy atom. The molecule has 2 aliphatic rings. The molecule has 2 atom stereocenters. The molecule has 0 radical (unpaired) electrons. The van der Waals surface area contributed by atoms with Crippen molar-refractivity contribution in [1.82, 2.24) is 0 Å². The largest absolute Gasteiger partial charge is 0.507 e. The van der Waals surface area contributed by atoms with Crippen molar-refractivity contribution in [3.05, 3.63) is 85.6 Å². The van der Waals surface area contributed by atoms with Crippen LogP contribution in [0.5, 0.6) is 5.75 Å². The zero-order valence-electron chi connectivity index (χ0n) is 18.0. The summed E-state index contributed by atoms with van der Waals surface area (Å²) in [5.74, 6) is 0.878. The number of halogens is 3. The van der Waals surface area contributed by atoms with E-state index < -0.39 is 17.4 Å². The van der Waals surface area contributed by atoms with E-state index in [0.717, 1.165) is 54.7 Å². The fourth-order valence-electron chi connectivity index (χ4n) is 4.67. The zero-order chi connectivity index (χ0) is 23.2. The summed E-state index contributed by atoms with van der Waals surface area (Å²) >= 11 is 1.57. The van der Waals surface area contributed by atoms with E-state index in [1.165, 1.54) is 12.1 Å². The highest BCUT2D eigenvalue weighted by molar-refractivity contribution is 7.10. The molecule has 0 spiro atoms. The average molecular weight is 475 g/mol. The molecule has 33 heavy (non-hydrogen) atoms. The summed E-state index contributed by atoms with van der Waals surface area (Å²) < 4.78 is 44.5. The molecular formula is C26H25F3O3S. The third-order valence-electron chi connectivity index (χ3n) is 6.72. The molecular weight excluding hydrogens is 449 g/mol. The molecule has 0 saturated heterocycles. The molecule has 2 fully saturated rings. The third-order valence-corrected chi connectivity index (χ3v) is 7.68. The van der Waals surface area contributed by atoms with Crippen LogP contribution in [0.2, 0.25) is 0 Å². The summed E-state index contributed by atoms with van der Waals surface area (Å²) in [4.78, 5) is 14.1. The SMILES string of the molecule is O=c1oc(C(Cc2ccc(C(F)(F)F)cc2)CC2CC2)cc(O)c1C(c1cccs1)C1CC1. The van der Waals surface area contributed by atoms with Crippen molar-refractivity contribution < 1.29 is 22.7 Å². The number of aromatic hydroxyl groups is 1. The number of hydrogen-bond donors (Lipinski definition) is 1. The molecule has 174 valence electrons. The van der Waals surface area contributed by atoms with Crippen molar-refractivity contribution in [2.75, 3.05) is 0 Å². The predicted octanol–water partition coefficient (Wildman–Crippen LogP) is 7.09. The molecule has 3 aromatic rings. The van der Waals surface area contributed by atoms with Crippen molar-refractivity contribution in [2.24, 2.45) is 11.8 Å². The van der Waals surface area contributed by atoms with Gasteiger partial charge in [0.05, 0.1) is 11.1 Å². The average Bonchev–Trinajstić information content (AvgIpc) is 3.69. The third kappa shape index (κ3) is 5.03. The van der Waals surface area contributed by atoms with Crippen molar-refractivity contribution in [3.63, 3.8) is 0 Å². The van der Waals surface area contributed by atoms with Gasteiger partial charge in [-0.15, -0.1) is 11.3 Å². The Morgan fingerprint density at radius 1 is 1.09 bits per heavy atom. The van der Waals surface area contributed by atoms with Crippen LogP contribution in [0.1, 0.15) is 71.3 Å². The Kier molecular flexibility index (Phi) is 5.85. The second kappa shape index (κ2) is 8.67. The number of rotatable bonds is 8. The monoisotopic (exact) mass is 474 g/mol. The molecule has 0 aliphatic heterocycles. The number of hydrogen-bond acceptors (Lipinski definition) is 4. The highest BCUT2D eigenvalue weighted by atomic mass is 32.1. The van der Waals surface area contributed by atoms with Gasteiger partial charge < -0.3 is 9.52 Å². The van der Waals surface area contributed by atoms with Crippen molar-refractivity contribution in [2.45, 2.75) is 56.5 Å². The molecule has 2 aromatic heterocycles. The van der Waals surface area contributed by atoms with Crippen LogP contribution in [0.15, 0.2) is 57.1 Å². The van der Waals surface area contributed by atoms with Crippen LogP contribution in [0.4, 0.5) is 13.2 Å². The number of alkyl halides is 3. The van der Waals surface area contributed by atoms with Crippen LogP contribution in [-0.2, 0) is 12.6 Å². The lowest BCUT2D eigenvalue weighted by molar-refractivity contribution is -0.137. The van der Waals surface area contributed by atoms with Crippen molar-refractivity contribution in [3.8, 4) is 5.75 Å². The lowest BCUT2D eigenvalue weighted by Crippen LogP contribution is -2.17. The Labute approximate surface area is 193 Å². The van der Waals surface area contributed by atoms with Gasteiger partial charge in [-0.25, -0.2) is 4.79 Å². The van der Waals surface area contributed by atoms with E-state index in [9.17, 15) is 23.1 Å². The fraction of sp³-hybridized carbons (Fsp3) is 0.423. The second-order valence-corrected chi connectivity index (χ2v) is 10.3. The first-order valence-electron chi connectivity index (χ1n) is 11.4. The van der Waals surface area contributed by atoms with Crippen LogP contribution in [-0.4, -0.2) is 5.11 Å². The Morgan fingerprint density at radius 3 is 2.36 bits per heavy atom. The number of thiophene rings is 1. The Bertz CT molecular complexity index is 1160. The molecule has 7 heteroatoms. The molecule has 3 nitrogen and oxygen atoms in total. The lowest BCUT2D eigenvalue weighted by atomic mass is 9.89. The number of benzene rings is 1. The quantitative estimate of drug-likeness (QED) is 0.379. The van der Waals surface area contributed by atoms with E-state index >= 15 is 0 Å².